The fourth-order valence-electron chi connectivity index (χ4n) is 1.87. The Morgan fingerprint density at radius 3 is 1.83 bits per heavy atom. The van der Waals surface area contributed by atoms with Crippen LogP contribution in [-0.4, -0.2) is 22.3 Å². The Bertz CT molecular complexity index is 276. The molecule has 0 aliphatic rings. The van der Waals surface area contributed by atoms with Crippen molar-refractivity contribution in [1.82, 2.24) is 0 Å². The van der Waals surface area contributed by atoms with Crippen molar-refractivity contribution in [1.29, 1.82) is 0 Å². The number of carbonyl (C=O) groups is 1. The van der Waals surface area contributed by atoms with Crippen LogP contribution in [0.1, 0.15) is 61.3 Å². The highest BCUT2D eigenvalue weighted by Crippen LogP contribution is 2.34. The van der Waals surface area contributed by atoms with E-state index < -0.39 is 17.5 Å². The predicted octanol–water partition coefficient (Wildman–Crippen LogP) is 3.56. The zero-order valence-corrected chi connectivity index (χ0v) is 12.9. The molecule has 3 heteroatoms. The van der Waals surface area contributed by atoms with Crippen molar-refractivity contribution in [2.75, 3.05) is 0 Å². The molecule has 0 saturated carbocycles. The second-order valence-electron chi connectivity index (χ2n) is 7.39. The van der Waals surface area contributed by atoms with Gasteiger partial charge in [0.05, 0.1) is 11.5 Å². The van der Waals surface area contributed by atoms with Crippen molar-refractivity contribution in [2.45, 2.75) is 67.4 Å². The summed E-state index contributed by atoms with van der Waals surface area (Å²) in [4.78, 5) is 11.1. The van der Waals surface area contributed by atoms with Gasteiger partial charge in [0.2, 0.25) is 0 Å². The Labute approximate surface area is 112 Å². The lowest BCUT2D eigenvalue weighted by Crippen LogP contribution is -2.38. The Balaban J connectivity index is 4.42. The van der Waals surface area contributed by atoms with Gasteiger partial charge in [-0.15, -0.1) is 0 Å². The van der Waals surface area contributed by atoms with Crippen LogP contribution in [-0.2, 0) is 4.79 Å². The van der Waals surface area contributed by atoms with E-state index >= 15 is 0 Å². The SMILES string of the molecule is C[C@H](C[C@H](C)C(C)(C)C)C[C@H](O)C(C)(C)C(=O)O. The molecule has 3 atom stereocenters. The quantitative estimate of drug-likeness (QED) is 0.766. The van der Waals surface area contributed by atoms with Crippen LogP contribution in [0, 0.1) is 22.7 Å². The number of hydrogen-bond acceptors (Lipinski definition) is 2. The maximum absolute atomic E-state index is 11.1. The molecular formula is C15H30O3. The molecule has 2 N–H and O–H groups in total. The van der Waals surface area contributed by atoms with E-state index in [1.165, 1.54) is 0 Å². The first-order valence-corrected chi connectivity index (χ1v) is 6.80. The number of aliphatic hydroxyl groups is 1. The Morgan fingerprint density at radius 2 is 1.50 bits per heavy atom. The standard InChI is InChI=1S/C15H30O3/c1-10(8-11(2)14(3,4)5)9-12(16)15(6,7)13(17)18/h10-12,16H,8-9H2,1-7H3,(H,17,18)/t10-,11+,12+/m1/s1. The van der Waals surface area contributed by atoms with Crippen molar-refractivity contribution in [3.05, 3.63) is 0 Å². The molecule has 0 aromatic heterocycles. The average molecular weight is 258 g/mol. The molecule has 108 valence electrons. The van der Waals surface area contributed by atoms with Gasteiger partial charge in [-0.2, -0.15) is 0 Å². The summed E-state index contributed by atoms with van der Waals surface area (Å²) >= 11 is 0. The summed E-state index contributed by atoms with van der Waals surface area (Å²) in [5.74, 6) is -0.0634. The van der Waals surface area contributed by atoms with Crippen LogP contribution < -0.4 is 0 Å². The minimum Gasteiger partial charge on any atom is -0.481 e. The molecule has 0 aliphatic carbocycles. The van der Waals surface area contributed by atoms with Crippen LogP contribution in [0.25, 0.3) is 0 Å². The number of rotatable bonds is 6. The van der Waals surface area contributed by atoms with Gasteiger partial charge < -0.3 is 10.2 Å². The van der Waals surface area contributed by atoms with Crippen molar-refractivity contribution >= 4 is 5.97 Å². The van der Waals surface area contributed by atoms with Gasteiger partial charge in [-0.25, -0.2) is 0 Å². The van der Waals surface area contributed by atoms with Gasteiger partial charge >= 0.3 is 5.97 Å². The summed E-state index contributed by atoms with van der Waals surface area (Å²) in [7, 11) is 0. The minimum atomic E-state index is -1.07. The number of carboxylic acids is 1. The van der Waals surface area contributed by atoms with E-state index in [1.54, 1.807) is 13.8 Å². The maximum Gasteiger partial charge on any atom is 0.311 e. The lowest BCUT2D eigenvalue weighted by atomic mass is 9.74. The van der Waals surface area contributed by atoms with E-state index in [2.05, 4.69) is 34.6 Å². The molecule has 0 bridgehead atoms. The third-order valence-electron chi connectivity index (χ3n) is 4.24. The van der Waals surface area contributed by atoms with Crippen LogP contribution >= 0.6 is 0 Å². The molecule has 3 nitrogen and oxygen atoms in total. The third kappa shape index (κ3) is 4.97. The Morgan fingerprint density at radius 1 is 1.06 bits per heavy atom. The van der Waals surface area contributed by atoms with E-state index in [9.17, 15) is 9.90 Å². The maximum atomic E-state index is 11.1. The fourth-order valence-corrected chi connectivity index (χ4v) is 1.87. The summed E-state index contributed by atoms with van der Waals surface area (Å²) in [6.07, 6.45) is 0.757. The Hall–Kier alpha value is -0.570. The first-order valence-electron chi connectivity index (χ1n) is 6.80. The molecular weight excluding hydrogens is 228 g/mol. The van der Waals surface area contributed by atoms with Crippen molar-refractivity contribution in [3.8, 4) is 0 Å². The fraction of sp³-hybridized carbons (Fsp3) is 0.933. The van der Waals surface area contributed by atoms with E-state index in [1.807, 2.05) is 0 Å². The third-order valence-corrected chi connectivity index (χ3v) is 4.24. The highest BCUT2D eigenvalue weighted by Gasteiger charge is 2.36. The minimum absolute atomic E-state index is 0.252. The first-order chi connectivity index (χ1) is 7.89. The zero-order valence-electron chi connectivity index (χ0n) is 12.9. The lowest BCUT2D eigenvalue weighted by molar-refractivity contribution is -0.154. The van der Waals surface area contributed by atoms with E-state index in [0.717, 1.165) is 6.42 Å². The van der Waals surface area contributed by atoms with Crippen molar-refractivity contribution < 1.29 is 15.0 Å². The molecule has 0 unspecified atom stereocenters. The van der Waals surface area contributed by atoms with Gasteiger partial charge in [-0.1, -0.05) is 34.6 Å². The first kappa shape index (κ1) is 17.4. The molecule has 0 heterocycles. The summed E-state index contributed by atoms with van der Waals surface area (Å²) in [5, 5.41) is 19.1. The number of aliphatic hydroxyl groups excluding tert-OH is 1. The summed E-state index contributed by atoms with van der Waals surface area (Å²) < 4.78 is 0. The van der Waals surface area contributed by atoms with Gasteiger partial charge in [0.25, 0.3) is 0 Å². The largest absolute Gasteiger partial charge is 0.481 e. The second-order valence-corrected chi connectivity index (χ2v) is 7.39. The van der Waals surface area contributed by atoms with Crippen molar-refractivity contribution in [2.24, 2.45) is 22.7 Å². The zero-order chi connectivity index (χ0) is 14.7. The number of aliphatic carboxylic acids is 1. The highest BCUT2D eigenvalue weighted by atomic mass is 16.4. The van der Waals surface area contributed by atoms with Gasteiger partial charge in [-0.05, 0) is 43.9 Å². The molecule has 0 saturated heterocycles. The molecule has 0 spiro atoms. The average Bonchev–Trinajstić information content (AvgIpc) is 2.15. The highest BCUT2D eigenvalue weighted by molar-refractivity contribution is 5.74. The van der Waals surface area contributed by atoms with Crippen molar-refractivity contribution in [3.63, 3.8) is 0 Å². The van der Waals surface area contributed by atoms with Crippen LogP contribution in [0.15, 0.2) is 0 Å². The smallest absolute Gasteiger partial charge is 0.311 e. The molecule has 0 fully saturated rings. The molecule has 0 radical (unpaired) electrons. The normalized spacial score (nSPS) is 18.2. The monoisotopic (exact) mass is 258 g/mol. The second kappa shape index (κ2) is 6.05. The molecule has 0 rings (SSSR count). The summed E-state index contributed by atoms with van der Waals surface area (Å²) in [6.45, 7) is 14.1. The topological polar surface area (TPSA) is 57.5 Å². The lowest BCUT2D eigenvalue weighted by Gasteiger charge is -2.32. The van der Waals surface area contributed by atoms with Gasteiger partial charge in [0.15, 0.2) is 0 Å². The van der Waals surface area contributed by atoms with Crippen LogP contribution in [0.5, 0.6) is 0 Å². The summed E-state index contributed by atoms with van der Waals surface area (Å²) in [5.41, 5.74) is -0.819. The number of hydrogen-bond donors (Lipinski definition) is 2. The van der Waals surface area contributed by atoms with Crippen LogP contribution in [0.2, 0.25) is 0 Å². The number of carboxylic acid groups (broad SMARTS) is 1. The summed E-state index contributed by atoms with van der Waals surface area (Å²) in [6, 6.07) is 0. The molecule has 0 aromatic rings. The van der Waals surface area contributed by atoms with E-state index in [4.69, 9.17) is 5.11 Å². The van der Waals surface area contributed by atoms with E-state index in [-0.39, 0.29) is 5.41 Å². The van der Waals surface area contributed by atoms with Crippen LogP contribution in [0.4, 0.5) is 0 Å². The van der Waals surface area contributed by atoms with Gasteiger partial charge in [0.1, 0.15) is 0 Å². The molecule has 18 heavy (non-hydrogen) atoms. The molecule has 0 aliphatic heterocycles. The Kier molecular flexibility index (Phi) is 5.86. The van der Waals surface area contributed by atoms with E-state index in [0.29, 0.717) is 18.3 Å². The van der Waals surface area contributed by atoms with Gasteiger partial charge in [-0.3, -0.25) is 4.79 Å². The predicted molar refractivity (Wildman–Crippen MR) is 74.4 cm³/mol. The molecule has 0 amide bonds. The van der Waals surface area contributed by atoms with Crippen LogP contribution in [0.3, 0.4) is 0 Å². The van der Waals surface area contributed by atoms with Gasteiger partial charge in [0, 0.05) is 0 Å². The molecule has 0 aromatic carbocycles.